The van der Waals surface area contributed by atoms with Crippen LogP contribution in [0.15, 0.2) is 0 Å². The maximum absolute atomic E-state index is 11.9. The average molecular weight is 271 g/mol. The monoisotopic (exact) mass is 270 g/mol. The predicted octanol–water partition coefficient (Wildman–Crippen LogP) is 2.61. The minimum atomic E-state index is 0.182. The highest BCUT2D eigenvalue weighted by molar-refractivity contribution is 7.16. The Morgan fingerprint density at radius 1 is 1.41 bits per heavy atom. The van der Waals surface area contributed by atoms with Crippen LogP contribution in [0.1, 0.15) is 29.8 Å². The van der Waals surface area contributed by atoms with Crippen molar-refractivity contribution in [2.45, 2.75) is 32.1 Å². The van der Waals surface area contributed by atoms with E-state index in [0.29, 0.717) is 18.2 Å². The summed E-state index contributed by atoms with van der Waals surface area (Å²) in [6, 6.07) is 0. The van der Waals surface area contributed by atoms with Gasteiger partial charge in [-0.05, 0) is 31.6 Å². The number of carbonyl (C=O) groups is 1. The average Bonchev–Trinajstić information content (AvgIpc) is 2.91. The zero-order chi connectivity index (χ0) is 11.8. The van der Waals surface area contributed by atoms with Gasteiger partial charge in [-0.2, -0.15) is 0 Å². The Morgan fingerprint density at radius 3 is 2.94 bits per heavy atom. The third-order valence-electron chi connectivity index (χ3n) is 3.49. The van der Waals surface area contributed by atoms with E-state index in [2.05, 4.69) is 4.98 Å². The number of alkyl halides is 1. The van der Waals surface area contributed by atoms with Gasteiger partial charge >= 0.3 is 0 Å². The lowest BCUT2D eigenvalue weighted by Crippen LogP contribution is -2.24. The fraction of sp³-hybridized carbons (Fsp3) is 0.667. The third-order valence-corrected chi connectivity index (χ3v) is 5.11. The van der Waals surface area contributed by atoms with Gasteiger partial charge in [0.05, 0.1) is 5.69 Å². The van der Waals surface area contributed by atoms with Crippen LogP contribution in [0.3, 0.4) is 0 Å². The first-order valence-electron chi connectivity index (χ1n) is 6.13. The number of nitrogens with zero attached hydrogens (tertiary/aromatic N) is 2. The van der Waals surface area contributed by atoms with E-state index >= 15 is 0 Å². The summed E-state index contributed by atoms with van der Waals surface area (Å²) >= 11 is 7.53. The Morgan fingerprint density at radius 2 is 2.24 bits per heavy atom. The molecular weight excluding hydrogens is 256 g/mol. The summed E-state index contributed by atoms with van der Waals surface area (Å²) in [6.07, 6.45) is 5.27. The second kappa shape index (κ2) is 4.58. The van der Waals surface area contributed by atoms with Crippen LogP contribution < -0.4 is 4.90 Å². The number of hydrogen-bond acceptors (Lipinski definition) is 3. The maximum atomic E-state index is 11.9. The summed E-state index contributed by atoms with van der Waals surface area (Å²) in [5.41, 5.74) is 1.22. The fourth-order valence-corrected chi connectivity index (χ4v) is 3.91. The lowest BCUT2D eigenvalue weighted by atomic mass is 10.0. The van der Waals surface area contributed by atoms with E-state index < -0.39 is 0 Å². The van der Waals surface area contributed by atoms with Crippen LogP contribution in [0.5, 0.6) is 0 Å². The molecule has 2 heterocycles. The lowest BCUT2D eigenvalue weighted by Gasteiger charge is -2.11. The second-order valence-electron chi connectivity index (χ2n) is 4.80. The smallest absolute Gasteiger partial charge is 0.229 e. The van der Waals surface area contributed by atoms with E-state index in [1.54, 1.807) is 11.3 Å². The molecule has 5 heteroatoms. The van der Waals surface area contributed by atoms with E-state index in [4.69, 9.17) is 11.6 Å². The van der Waals surface area contributed by atoms with Crippen molar-refractivity contribution >= 4 is 34.0 Å². The number of thiazole rings is 1. The maximum Gasteiger partial charge on any atom is 0.229 e. The zero-order valence-corrected chi connectivity index (χ0v) is 11.2. The number of halogens is 1. The van der Waals surface area contributed by atoms with Gasteiger partial charge in [0.25, 0.3) is 0 Å². The molecule has 17 heavy (non-hydrogen) atoms. The van der Waals surface area contributed by atoms with E-state index in [1.165, 1.54) is 23.4 Å². The molecule has 1 saturated heterocycles. The number of carbonyl (C=O) groups excluding carboxylic acids is 1. The first-order valence-corrected chi connectivity index (χ1v) is 7.48. The lowest BCUT2D eigenvalue weighted by molar-refractivity contribution is -0.117. The van der Waals surface area contributed by atoms with Gasteiger partial charge in [0, 0.05) is 23.7 Å². The minimum Gasteiger partial charge on any atom is -0.288 e. The highest BCUT2D eigenvalue weighted by atomic mass is 35.5. The Kier molecular flexibility index (Phi) is 3.09. The summed E-state index contributed by atoms with van der Waals surface area (Å²) in [7, 11) is 0. The Hall–Kier alpha value is -0.610. The van der Waals surface area contributed by atoms with Crippen molar-refractivity contribution in [3.63, 3.8) is 0 Å². The highest BCUT2D eigenvalue weighted by Crippen LogP contribution is 2.34. The van der Waals surface area contributed by atoms with Crippen LogP contribution in [0.2, 0.25) is 0 Å². The molecule has 0 spiro atoms. The molecule has 0 N–H and O–H groups in total. The second-order valence-corrected chi connectivity index (χ2v) is 6.17. The summed E-state index contributed by atoms with van der Waals surface area (Å²) in [4.78, 5) is 19.7. The van der Waals surface area contributed by atoms with Gasteiger partial charge < -0.3 is 0 Å². The van der Waals surface area contributed by atoms with E-state index in [1.807, 2.05) is 4.90 Å². The summed E-state index contributed by atoms with van der Waals surface area (Å²) in [5.74, 6) is 1.04. The fourth-order valence-electron chi connectivity index (χ4n) is 2.52. The molecule has 92 valence electrons. The number of aromatic nitrogens is 1. The van der Waals surface area contributed by atoms with E-state index in [0.717, 1.165) is 24.5 Å². The molecule has 2 aliphatic rings. The highest BCUT2D eigenvalue weighted by Gasteiger charge is 2.32. The molecule has 0 aromatic carbocycles. The quantitative estimate of drug-likeness (QED) is 0.774. The van der Waals surface area contributed by atoms with Crippen LogP contribution in [0.4, 0.5) is 5.13 Å². The van der Waals surface area contributed by atoms with Crippen molar-refractivity contribution in [1.29, 1.82) is 0 Å². The summed E-state index contributed by atoms with van der Waals surface area (Å²) in [6.45, 7) is 0.745. The van der Waals surface area contributed by atoms with E-state index in [-0.39, 0.29) is 5.91 Å². The van der Waals surface area contributed by atoms with Gasteiger partial charge in [-0.3, -0.25) is 9.69 Å². The molecule has 0 radical (unpaired) electrons. The molecule has 1 aliphatic carbocycles. The van der Waals surface area contributed by atoms with Crippen LogP contribution in [-0.2, 0) is 17.6 Å². The summed E-state index contributed by atoms with van der Waals surface area (Å²) in [5, 5.41) is 0.898. The molecule has 3 nitrogen and oxygen atoms in total. The SMILES string of the molecule is O=C1CC(CCl)CN1c1nc2c(s1)CCCC2. The van der Waals surface area contributed by atoms with Gasteiger partial charge in [-0.15, -0.1) is 22.9 Å². The molecule has 1 amide bonds. The van der Waals surface area contributed by atoms with Gasteiger partial charge in [-0.1, -0.05) is 0 Å². The molecule has 1 atom stereocenters. The molecule has 1 fully saturated rings. The normalized spacial score (nSPS) is 24.2. The Balaban J connectivity index is 1.84. The predicted molar refractivity (Wildman–Crippen MR) is 69.9 cm³/mol. The van der Waals surface area contributed by atoms with Gasteiger partial charge in [0.1, 0.15) is 0 Å². The molecule has 1 aromatic heterocycles. The summed E-state index contributed by atoms with van der Waals surface area (Å²) < 4.78 is 0. The van der Waals surface area contributed by atoms with Crippen LogP contribution in [-0.4, -0.2) is 23.3 Å². The van der Waals surface area contributed by atoms with Crippen molar-refractivity contribution in [3.05, 3.63) is 10.6 Å². The number of amides is 1. The first-order chi connectivity index (χ1) is 8.28. The number of hydrogen-bond donors (Lipinski definition) is 0. The van der Waals surface area contributed by atoms with Crippen molar-refractivity contribution in [2.24, 2.45) is 5.92 Å². The largest absolute Gasteiger partial charge is 0.288 e. The van der Waals surface area contributed by atoms with Crippen LogP contribution in [0, 0.1) is 5.92 Å². The Labute approximate surface area is 110 Å². The molecule has 1 aliphatic heterocycles. The number of rotatable bonds is 2. The van der Waals surface area contributed by atoms with Crippen molar-refractivity contribution in [1.82, 2.24) is 4.98 Å². The first kappa shape index (κ1) is 11.5. The number of fused-ring (bicyclic) bond motifs is 1. The standard InChI is InChI=1S/C12H15ClN2OS/c13-6-8-5-11(16)15(7-8)12-14-9-3-1-2-4-10(9)17-12/h8H,1-7H2. The number of anilines is 1. The van der Waals surface area contributed by atoms with Gasteiger partial charge in [0.2, 0.25) is 5.91 Å². The van der Waals surface area contributed by atoms with Crippen LogP contribution >= 0.6 is 22.9 Å². The third kappa shape index (κ3) is 2.08. The van der Waals surface area contributed by atoms with Gasteiger partial charge in [0.15, 0.2) is 5.13 Å². The van der Waals surface area contributed by atoms with Crippen molar-refractivity contribution < 1.29 is 4.79 Å². The molecule has 0 bridgehead atoms. The molecular formula is C12H15ClN2OS. The topological polar surface area (TPSA) is 33.2 Å². The molecule has 1 aromatic rings. The zero-order valence-electron chi connectivity index (χ0n) is 9.62. The number of aryl methyl sites for hydroxylation is 2. The van der Waals surface area contributed by atoms with Crippen LogP contribution in [0.25, 0.3) is 0 Å². The molecule has 3 rings (SSSR count). The van der Waals surface area contributed by atoms with E-state index in [9.17, 15) is 4.79 Å². The van der Waals surface area contributed by atoms with Crippen molar-refractivity contribution in [3.8, 4) is 0 Å². The molecule has 0 saturated carbocycles. The van der Waals surface area contributed by atoms with Crippen molar-refractivity contribution in [2.75, 3.05) is 17.3 Å². The minimum absolute atomic E-state index is 0.182. The Bertz CT molecular complexity index is 422. The van der Waals surface area contributed by atoms with Gasteiger partial charge in [-0.25, -0.2) is 4.98 Å². The molecule has 1 unspecified atom stereocenters.